The Kier molecular flexibility index (Phi) is 15.3. The number of benzene rings is 2. The van der Waals surface area contributed by atoms with Gasteiger partial charge in [-0.05, 0) is 73.4 Å². The molecule has 2 heterocycles. The molecule has 288 valence electrons. The van der Waals surface area contributed by atoms with Crippen LogP contribution in [-0.4, -0.2) is 95.1 Å². The second-order valence-electron chi connectivity index (χ2n) is 13.3. The SMILES string of the molecule is CC(=O)N[C@H](Cc1ccc2ccccc2c1)C(=O)N[C@H](CCCCNC(=O)c1ccccn1)C(=O)N[C@@H](CCCN=C(N)N)C(=O)N1CCC[C@H]1C(N)=O. The lowest BCUT2D eigenvalue weighted by Crippen LogP contribution is -2.58. The van der Waals surface area contributed by atoms with Gasteiger partial charge in [-0.25, -0.2) is 0 Å². The van der Waals surface area contributed by atoms with E-state index in [1.807, 2.05) is 42.5 Å². The summed E-state index contributed by atoms with van der Waals surface area (Å²) in [5.74, 6) is -3.24. The molecule has 0 bridgehead atoms. The number of carbonyl (C=O) groups excluding carboxylic acids is 6. The van der Waals surface area contributed by atoms with Crippen molar-refractivity contribution in [2.45, 2.75) is 82.5 Å². The van der Waals surface area contributed by atoms with Gasteiger partial charge >= 0.3 is 0 Å². The van der Waals surface area contributed by atoms with E-state index in [0.717, 1.165) is 16.3 Å². The molecule has 2 aromatic carbocycles. The Labute approximate surface area is 314 Å². The number of unbranched alkanes of at least 4 members (excludes halogenated alkanes) is 1. The molecule has 16 nitrogen and oxygen atoms in total. The van der Waals surface area contributed by atoms with Crippen LogP contribution in [0, 0.1) is 0 Å². The van der Waals surface area contributed by atoms with Crippen LogP contribution < -0.4 is 38.5 Å². The normalized spacial score (nSPS) is 15.4. The molecule has 0 radical (unpaired) electrons. The van der Waals surface area contributed by atoms with Crippen molar-refractivity contribution < 1.29 is 28.8 Å². The Hall–Kier alpha value is -6.06. The molecular formula is C38H50N10O6. The standard InChI is InChI=1S/C38H50N10O6/c1-24(49)45-31(23-25-16-17-26-10-2-3-11-27(26)22-25)36(53)46-29(13-5-7-19-43-34(51)28-12-4-6-18-42-28)35(52)47-30(14-8-20-44-38(40)41)37(54)48-21-9-15-32(48)33(39)50/h2-4,6,10-12,16-18,22,29-32H,5,7-9,13-15,19-21,23H2,1H3,(H2,39,50)(H,43,51)(H,45,49)(H,46,53)(H,47,52)(H4,40,41,44)/t29-,30+,31-,32+/m1/s1. The largest absolute Gasteiger partial charge is 0.370 e. The van der Waals surface area contributed by atoms with Crippen LogP contribution in [0.4, 0.5) is 0 Å². The molecule has 3 aromatic rings. The Bertz CT molecular complexity index is 1820. The monoisotopic (exact) mass is 742 g/mol. The van der Waals surface area contributed by atoms with E-state index in [1.165, 1.54) is 18.0 Å². The van der Waals surface area contributed by atoms with Crippen molar-refractivity contribution in [3.63, 3.8) is 0 Å². The highest BCUT2D eigenvalue weighted by atomic mass is 16.2. The van der Waals surface area contributed by atoms with Gasteiger partial charge in [0.25, 0.3) is 5.91 Å². The fourth-order valence-electron chi connectivity index (χ4n) is 6.42. The van der Waals surface area contributed by atoms with Gasteiger partial charge < -0.3 is 43.4 Å². The topological polar surface area (TPSA) is 257 Å². The van der Waals surface area contributed by atoms with Crippen LogP contribution in [0.25, 0.3) is 10.8 Å². The second-order valence-corrected chi connectivity index (χ2v) is 13.3. The van der Waals surface area contributed by atoms with Gasteiger partial charge in [0.15, 0.2) is 5.96 Å². The number of rotatable bonds is 19. The highest BCUT2D eigenvalue weighted by molar-refractivity contribution is 5.96. The first-order valence-corrected chi connectivity index (χ1v) is 18.1. The number of aromatic nitrogens is 1. The van der Waals surface area contributed by atoms with Crippen LogP contribution in [0.15, 0.2) is 71.9 Å². The van der Waals surface area contributed by atoms with E-state index >= 15 is 0 Å². The van der Waals surface area contributed by atoms with Gasteiger partial charge in [-0.2, -0.15) is 0 Å². The summed E-state index contributed by atoms with van der Waals surface area (Å²) in [4.78, 5) is 88.0. The van der Waals surface area contributed by atoms with Crippen LogP contribution in [0.2, 0.25) is 0 Å². The minimum absolute atomic E-state index is 0.119. The van der Waals surface area contributed by atoms with Crippen molar-refractivity contribution in [2.75, 3.05) is 19.6 Å². The number of nitrogens with one attached hydrogen (secondary N) is 4. The van der Waals surface area contributed by atoms with E-state index in [0.29, 0.717) is 38.6 Å². The second kappa shape index (κ2) is 20.3. The number of carbonyl (C=O) groups is 6. The maximum absolute atomic E-state index is 14.1. The third-order valence-corrected chi connectivity index (χ3v) is 9.11. The number of nitrogens with two attached hydrogens (primary N) is 3. The van der Waals surface area contributed by atoms with Crippen molar-refractivity contribution in [3.05, 3.63) is 78.1 Å². The number of primary amides is 1. The molecule has 1 saturated heterocycles. The van der Waals surface area contributed by atoms with Crippen molar-refractivity contribution in [1.29, 1.82) is 0 Å². The van der Waals surface area contributed by atoms with Gasteiger partial charge in [0.05, 0.1) is 0 Å². The zero-order chi connectivity index (χ0) is 39.0. The molecule has 4 atom stereocenters. The smallest absolute Gasteiger partial charge is 0.269 e. The summed E-state index contributed by atoms with van der Waals surface area (Å²) in [6, 6.07) is 14.5. The molecule has 0 saturated carbocycles. The number of guanidine groups is 1. The summed E-state index contributed by atoms with van der Waals surface area (Å²) in [7, 11) is 0. The van der Waals surface area contributed by atoms with Crippen molar-refractivity contribution in [3.8, 4) is 0 Å². The van der Waals surface area contributed by atoms with Gasteiger partial charge in [-0.1, -0.05) is 48.5 Å². The first-order chi connectivity index (χ1) is 25.9. The Morgan fingerprint density at radius 2 is 1.54 bits per heavy atom. The summed E-state index contributed by atoms with van der Waals surface area (Å²) in [6.45, 7) is 2.08. The first-order valence-electron chi connectivity index (χ1n) is 18.1. The third kappa shape index (κ3) is 12.3. The van der Waals surface area contributed by atoms with E-state index in [9.17, 15) is 28.8 Å². The fraction of sp³-hybridized carbons (Fsp3) is 0.421. The Balaban J connectivity index is 1.52. The highest BCUT2D eigenvalue weighted by Crippen LogP contribution is 2.20. The molecule has 1 aliphatic rings. The lowest BCUT2D eigenvalue weighted by Gasteiger charge is -2.29. The van der Waals surface area contributed by atoms with E-state index < -0.39 is 53.7 Å². The lowest BCUT2D eigenvalue weighted by atomic mass is 10.00. The van der Waals surface area contributed by atoms with Crippen molar-refractivity contribution in [1.82, 2.24) is 31.2 Å². The molecule has 1 fully saturated rings. The number of nitrogens with zero attached hydrogens (tertiary/aromatic N) is 3. The number of hydrogen-bond donors (Lipinski definition) is 7. The molecule has 6 amide bonds. The number of hydrogen-bond acceptors (Lipinski definition) is 8. The van der Waals surface area contributed by atoms with Gasteiger partial charge in [-0.3, -0.25) is 38.7 Å². The number of likely N-dealkylation sites (tertiary alicyclic amines) is 1. The quantitative estimate of drug-likeness (QED) is 0.0508. The van der Waals surface area contributed by atoms with E-state index in [-0.39, 0.29) is 49.9 Å². The van der Waals surface area contributed by atoms with E-state index in [4.69, 9.17) is 17.2 Å². The predicted molar refractivity (Wildman–Crippen MR) is 203 cm³/mol. The lowest BCUT2D eigenvalue weighted by molar-refractivity contribution is -0.141. The highest BCUT2D eigenvalue weighted by Gasteiger charge is 2.37. The maximum atomic E-state index is 14.1. The van der Waals surface area contributed by atoms with Crippen LogP contribution in [0.1, 0.15) is 67.9 Å². The third-order valence-electron chi connectivity index (χ3n) is 9.11. The molecule has 0 unspecified atom stereocenters. The fourth-order valence-corrected chi connectivity index (χ4v) is 6.42. The molecule has 1 aliphatic heterocycles. The maximum Gasteiger partial charge on any atom is 0.269 e. The molecule has 1 aromatic heterocycles. The molecule has 0 aliphatic carbocycles. The van der Waals surface area contributed by atoms with Crippen molar-refractivity contribution in [2.24, 2.45) is 22.2 Å². The zero-order valence-corrected chi connectivity index (χ0v) is 30.5. The molecule has 4 rings (SSSR count). The number of amides is 6. The summed E-state index contributed by atoms with van der Waals surface area (Å²) in [5.41, 5.74) is 17.6. The van der Waals surface area contributed by atoms with Crippen LogP contribution >= 0.6 is 0 Å². The number of aliphatic imine (C=N–C) groups is 1. The minimum Gasteiger partial charge on any atom is -0.370 e. The molecule has 10 N–H and O–H groups in total. The molecule has 0 spiro atoms. The first kappa shape index (κ1) is 40.7. The van der Waals surface area contributed by atoms with Crippen molar-refractivity contribution >= 4 is 52.2 Å². The van der Waals surface area contributed by atoms with Gasteiger partial charge in [-0.15, -0.1) is 0 Å². The predicted octanol–water partition coefficient (Wildman–Crippen LogP) is 0.382. The summed E-state index contributed by atoms with van der Waals surface area (Å²) < 4.78 is 0. The minimum atomic E-state index is -1.13. The zero-order valence-electron chi connectivity index (χ0n) is 30.5. The average molecular weight is 743 g/mol. The average Bonchev–Trinajstić information content (AvgIpc) is 3.65. The molecular weight excluding hydrogens is 692 g/mol. The van der Waals surface area contributed by atoms with Gasteiger partial charge in [0.2, 0.25) is 29.5 Å². The van der Waals surface area contributed by atoms with Gasteiger partial charge in [0.1, 0.15) is 29.9 Å². The van der Waals surface area contributed by atoms with Crippen LogP contribution in [0.5, 0.6) is 0 Å². The Morgan fingerprint density at radius 3 is 2.24 bits per heavy atom. The number of pyridine rings is 1. The van der Waals surface area contributed by atoms with E-state index in [1.54, 1.807) is 18.2 Å². The Morgan fingerprint density at radius 1 is 0.833 bits per heavy atom. The summed E-state index contributed by atoms with van der Waals surface area (Å²) in [6.07, 6.45) is 4.12. The molecule has 16 heteroatoms. The molecule has 54 heavy (non-hydrogen) atoms. The van der Waals surface area contributed by atoms with Crippen LogP contribution in [-0.2, 0) is 30.4 Å². The van der Waals surface area contributed by atoms with E-state index in [2.05, 4.69) is 31.2 Å². The summed E-state index contributed by atoms with van der Waals surface area (Å²) >= 11 is 0. The number of fused-ring (bicyclic) bond motifs is 1. The summed E-state index contributed by atoms with van der Waals surface area (Å²) in [5, 5.41) is 13.1. The van der Waals surface area contributed by atoms with Gasteiger partial charge in [0, 0.05) is 39.2 Å². The van der Waals surface area contributed by atoms with Crippen LogP contribution in [0.3, 0.4) is 0 Å².